The zero-order valence-electron chi connectivity index (χ0n) is 12.4. The van der Waals surface area contributed by atoms with Gasteiger partial charge in [0.15, 0.2) is 0 Å². The van der Waals surface area contributed by atoms with Crippen LogP contribution in [0.1, 0.15) is 23.6 Å². The molecule has 1 fully saturated rings. The standard InChI is InChI=1S/C18H20BrFN2/c19-16-6-2-14(3-7-16)18(15-4-8-17(20)9-5-15)22-12-1-10-21-11-13-22/h2-9,18,21H,1,10-13H2. The van der Waals surface area contributed by atoms with E-state index in [1.54, 1.807) is 12.1 Å². The summed E-state index contributed by atoms with van der Waals surface area (Å²) in [5, 5.41) is 3.44. The Labute approximate surface area is 139 Å². The van der Waals surface area contributed by atoms with E-state index >= 15 is 0 Å². The Bertz CT molecular complexity index is 544. The van der Waals surface area contributed by atoms with Crippen molar-refractivity contribution in [1.29, 1.82) is 0 Å². The van der Waals surface area contributed by atoms with Gasteiger partial charge in [-0.05, 0) is 48.4 Å². The second-order valence-corrected chi connectivity index (χ2v) is 6.56. The Morgan fingerprint density at radius 3 is 2.23 bits per heavy atom. The van der Waals surface area contributed by atoms with Crippen molar-refractivity contribution in [3.63, 3.8) is 0 Å². The minimum atomic E-state index is -0.184. The highest BCUT2D eigenvalue weighted by atomic mass is 79.9. The van der Waals surface area contributed by atoms with Crippen molar-refractivity contribution >= 4 is 15.9 Å². The topological polar surface area (TPSA) is 15.3 Å². The summed E-state index contributed by atoms with van der Waals surface area (Å²) in [6, 6.07) is 15.5. The van der Waals surface area contributed by atoms with Gasteiger partial charge in [0.1, 0.15) is 5.82 Å². The molecule has 1 atom stereocenters. The molecular formula is C18H20BrFN2. The zero-order valence-corrected chi connectivity index (χ0v) is 14.0. The highest BCUT2D eigenvalue weighted by molar-refractivity contribution is 9.10. The fraction of sp³-hybridized carbons (Fsp3) is 0.333. The van der Waals surface area contributed by atoms with Crippen molar-refractivity contribution in [2.45, 2.75) is 12.5 Å². The van der Waals surface area contributed by atoms with Crippen LogP contribution in [0.25, 0.3) is 0 Å². The first kappa shape index (κ1) is 15.7. The summed E-state index contributed by atoms with van der Waals surface area (Å²) in [6.45, 7) is 4.10. The van der Waals surface area contributed by atoms with E-state index in [2.05, 4.69) is 50.4 Å². The van der Waals surface area contributed by atoms with Crippen LogP contribution in [0.4, 0.5) is 4.39 Å². The van der Waals surface area contributed by atoms with Crippen molar-refractivity contribution < 1.29 is 4.39 Å². The fourth-order valence-corrected chi connectivity index (χ4v) is 3.29. The third-order valence-corrected chi connectivity index (χ3v) is 4.64. The van der Waals surface area contributed by atoms with Crippen LogP contribution in [-0.2, 0) is 0 Å². The summed E-state index contributed by atoms with van der Waals surface area (Å²) in [5.41, 5.74) is 2.39. The molecule has 0 aliphatic carbocycles. The van der Waals surface area contributed by atoms with Gasteiger partial charge in [-0.25, -0.2) is 4.39 Å². The second-order valence-electron chi connectivity index (χ2n) is 5.65. The molecule has 1 aliphatic heterocycles. The maximum atomic E-state index is 13.3. The van der Waals surface area contributed by atoms with Crippen LogP contribution in [0.2, 0.25) is 0 Å². The predicted molar refractivity (Wildman–Crippen MR) is 91.4 cm³/mol. The normalized spacial score (nSPS) is 17.9. The van der Waals surface area contributed by atoms with E-state index in [0.717, 1.165) is 42.6 Å². The van der Waals surface area contributed by atoms with Crippen LogP contribution in [0.3, 0.4) is 0 Å². The Morgan fingerprint density at radius 1 is 0.909 bits per heavy atom. The summed E-state index contributed by atoms with van der Waals surface area (Å²) >= 11 is 3.50. The van der Waals surface area contributed by atoms with Crippen LogP contribution < -0.4 is 5.32 Å². The van der Waals surface area contributed by atoms with Gasteiger partial charge in [-0.15, -0.1) is 0 Å². The molecule has 0 aromatic heterocycles. The largest absolute Gasteiger partial charge is 0.315 e. The van der Waals surface area contributed by atoms with Crippen LogP contribution in [0.5, 0.6) is 0 Å². The van der Waals surface area contributed by atoms with E-state index in [1.165, 1.54) is 5.56 Å². The van der Waals surface area contributed by atoms with E-state index in [-0.39, 0.29) is 11.9 Å². The van der Waals surface area contributed by atoms with Crippen LogP contribution in [0.15, 0.2) is 53.0 Å². The number of hydrogen-bond acceptors (Lipinski definition) is 2. The predicted octanol–water partition coefficient (Wildman–Crippen LogP) is 3.97. The monoisotopic (exact) mass is 362 g/mol. The van der Waals surface area contributed by atoms with Gasteiger partial charge >= 0.3 is 0 Å². The van der Waals surface area contributed by atoms with Gasteiger partial charge in [0.2, 0.25) is 0 Å². The van der Waals surface area contributed by atoms with Crippen molar-refractivity contribution in [2.24, 2.45) is 0 Å². The average Bonchev–Trinajstić information content (AvgIpc) is 2.81. The number of nitrogens with one attached hydrogen (secondary N) is 1. The minimum absolute atomic E-state index is 0.175. The lowest BCUT2D eigenvalue weighted by atomic mass is 9.97. The Hall–Kier alpha value is -1.23. The molecular weight excluding hydrogens is 343 g/mol. The molecule has 116 valence electrons. The lowest BCUT2D eigenvalue weighted by molar-refractivity contribution is 0.241. The first-order chi connectivity index (χ1) is 10.7. The fourth-order valence-electron chi connectivity index (χ4n) is 3.03. The van der Waals surface area contributed by atoms with Gasteiger partial charge in [-0.1, -0.05) is 40.2 Å². The number of benzene rings is 2. The molecule has 22 heavy (non-hydrogen) atoms. The molecule has 2 aromatic carbocycles. The summed E-state index contributed by atoms with van der Waals surface area (Å²) < 4.78 is 14.4. The van der Waals surface area contributed by atoms with Crippen molar-refractivity contribution in [3.8, 4) is 0 Å². The van der Waals surface area contributed by atoms with Crippen LogP contribution >= 0.6 is 15.9 Å². The van der Waals surface area contributed by atoms with Crippen LogP contribution in [-0.4, -0.2) is 31.1 Å². The molecule has 0 spiro atoms. The lowest BCUT2D eigenvalue weighted by Gasteiger charge is -2.31. The van der Waals surface area contributed by atoms with E-state index < -0.39 is 0 Å². The molecule has 4 heteroatoms. The molecule has 0 saturated carbocycles. The van der Waals surface area contributed by atoms with E-state index in [1.807, 2.05) is 12.1 Å². The van der Waals surface area contributed by atoms with Gasteiger partial charge < -0.3 is 5.32 Å². The maximum Gasteiger partial charge on any atom is 0.123 e. The summed E-state index contributed by atoms with van der Waals surface area (Å²) in [6.07, 6.45) is 1.13. The first-order valence-electron chi connectivity index (χ1n) is 7.70. The molecule has 0 amide bonds. The second kappa shape index (κ2) is 7.36. The molecule has 3 rings (SSSR count). The summed E-state index contributed by atoms with van der Waals surface area (Å²) in [7, 11) is 0. The minimum Gasteiger partial charge on any atom is -0.315 e. The highest BCUT2D eigenvalue weighted by Gasteiger charge is 2.23. The van der Waals surface area contributed by atoms with Crippen molar-refractivity contribution in [3.05, 3.63) is 69.9 Å². The van der Waals surface area contributed by atoms with Crippen LogP contribution in [0, 0.1) is 5.82 Å². The Balaban J connectivity index is 1.96. The molecule has 0 radical (unpaired) electrons. The summed E-state index contributed by atoms with van der Waals surface area (Å²) in [4.78, 5) is 2.48. The van der Waals surface area contributed by atoms with E-state index in [4.69, 9.17) is 0 Å². The van der Waals surface area contributed by atoms with Crippen molar-refractivity contribution in [2.75, 3.05) is 26.2 Å². The number of halogens is 2. The Morgan fingerprint density at radius 2 is 1.55 bits per heavy atom. The SMILES string of the molecule is Fc1ccc(C(c2ccc(Br)cc2)N2CCCNCC2)cc1. The summed E-state index contributed by atoms with van der Waals surface area (Å²) in [5.74, 6) is -0.184. The molecule has 1 N–H and O–H groups in total. The van der Waals surface area contributed by atoms with Gasteiger partial charge in [0, 0.05) is 24.1 Å². The first-order valence-corrected chi connectivity index (χ1v) is 8.49. The molecule has 1 saturated heterocycles. The van der Waals surface area contributed by atoms with Gasteiger partial charge in [-0.3, -0.25) is 4.90 Å². The highest BCUT2D eigenvalue weighted by Crippen LogP contribution is 2.30. The Kier molecular flexibility index (Phi) is 5.24. The molecule has 1 heterocycles. The molecule has 2 nitrogen and oxygen atoms in total. The van der Waals surface area contributed by atoms with E-state index in [9.17, 15) is 4.39 Å². The van der Waals surface area contributed by atoms with Crippen molar-refractivity contribution in [1.82, 2.24) is 10.2 Å². The number of rotatable bonds is 3. The molecule has 1 aliphatic rings. The third-order valence-electron chi connectivity index (χ3n) is 4.11. The van der Waals surface area contributed by atoms with Gasteiger partial charge in [0.05, 0.1) is 6.04 Å². The molecule has 2 aromatic rings. The maximum absolute atomic E-state index is 13.3. The lowest BCUT2D eigenvalue weighted by Crippen LogP contribution is -2.33. The number of nitrogens with zero attached hydrogens (tertiary/aromatic N) is 1. The quantitative estimate of drug-likeness (QED) is 0.888. The number of hydrogen-bond donors (Lipinski definition) is 1. The molecule has 1 unspecified atom stereocenters. The third kappa shape index (κ3) is 3.75. The van der Waals surface area contributed by atoms with E-state index in [0.29, 0.717) is 0 Å². The zero-order chi connectivity index (χ0) is 15.4. The van der Waals surface area contributed by atoms with Gasteiger partial charge in [-0.2, -0.15) is 0 Å². The van der Waals surface area contributed by atoms with Gasteiger partial charge in [0.25, 0.3) is 0 Å². The molecule has 0 bridgehead atoms. The average molecular weight is 363 g/mol. The smallest absolute Gasteiger partial charge is 0.123 e.